The lowest BCUT2D eigenvalue weighted by Crippen LogP contribution is -2.64. The summed E-state index contributed by atoms with van der Waals surface area (Å²) in [7, 11) is 3.10. The van der Waals surface area contributed by atoms with Crippen molar-refractivity contribution in [3.8, 4) is 11.5 Å². The van der Waals surface area contributed by atoms with E-state index in [1.54, 1.807) is 56.7 Å². The van der Waals surface area contributed by atoms with Crippen LogP contribution >= 0.6 is 0 Å². The van der Waals surface area contributed by atoms with Crippen molar-refractivity contribution in [2.75, 3.05) is 51.8 Å². The summed E-state index contributed by atoms with van der Waals surface area (Å²) in [5, 5.41) is 1.96. The van der Waals surface area contributed by atoms with Gasteiger partial charge in [0.25, 0.3) is 0 Å². The van der Waals surface area contributed by atoms with Crippen LogP contribution in [0.1, 0.15) is 17.2 Å². The number of alkyl halides is 6. The van der Waals surface area contributed by atoms with Crippen LogP contribution < -0.4 is 19.7 Å². The van der Waals surface area contributed by atoms with Crippen LogP contribution in [0.4, 0.5) is 32.0 Å². The average Bonchev–Trinajstić information content (AvgIpc) is 2.95. The molecule has 1 atom stereocenters. The SMILES string of the molecule is COc1ccc(N2CCN(C(CNC(c3ccccc3)(C(F)(F)F)C(F)(F)F)c3ccccc3)CC2)c(OC)c1. The molecule has 1 heterocycles. The van der Waals surface area contributed by atoms with Crippen molar-refractivity contribution < 1.29 is 35.8 Å². The van der Waals surface area contributed by atoms with Crippen molar-refractivity contribution in [1.29, 1.82) is 0 Å². The summed E-state index contributed by atoms with van der Waals surface area (Å²) < 4.78 is 97.1. The zero-order valence-corrected chi connectivity index (χ0v) is 22.1. The molecule has 0 bridgehead atoms. The van der Waals surface area contributed by atoms with Crippen molar-refractivity contribution in [2.45, 2.75) is 23.9 Å². The fourth-order valence-electron chi connectivity index (χ4n) is 5.18. The molecule has 216 valence electrons. The number of nitrogens with zero attached hydrogens (tertiary/aromatic N) is 2. The van der Waals surface area contributed by atoms with Crippen LogP contribution in [0.3, 0.4) is 0 Å². The van der Waals surface area contributed by atoms with Crippen molar-refractivity contribution in [2.24, 2.45) is 0 Å². The topological polar surface area (TPSA) is 37.0 Å². The molecule has 3 aromatic rings. The van der Waals surface area contributed by atoms with Crippen molar-refractivity contribution >= 4 is 5.69 Å². The van der Waals surface area contributed by atoms with Crippen LogP contribution in [0.2, 0.25) is 0 Å². The third kappa shape index (κ3) is 5.85. The molecule has 0 radical (unpaired) electrons. The van der Waals surface area contributed by atoms with Crippen LogP contribution in [-0.2, 0) is 5.54 Å². The molecule has 5 nitrogen and oxygen atoms in total. The standard InChI is InChI=1S/C29H31F6N3O2/c1-39-23-13-14-24(26(19-23)40-2)37-15-17-38(18-16-37)25(21-9-5-3-6-10-21)20-36-27(28(30,31)32,29(33,34)35)22-11-7-4-8-12-22/h3-14,19,25,36H,15-18,20H2,1-2H3. The van der Waals surface area contributed by atoms with Gasteiger partial charge >= 0.3 is 12.4 Å². The highest BCUT2D eigenvalue weighted by Gasteiger charge is 2.71. The van der Waals surface area contributed by atoms with Gasteiger partial charge in [-0.25, -0.2) is 0 Å². The number of hydrogen-bond donors (Lipinski definition) is 1. The molecule has 0 aromatic heterocycles. The van der Waals surface area contributed by atoms with Crippen LogP contribution in [0.15, 0.2) is 78.9 Å². The number of methoxy groups -OCH3 is 2. The second-order valence-electron chi connectivity index (χ2n) is 9.48. The molecule has 1 fully saturated rings. The Morgan fingerprint density at radius 2 is 1.32 bits per heavy atom. The minimum absolute atomic E-state index is 0.410. The van der Waals surface area contributed by atoms with Crippen molar-refractivity contribution in [3.05, 3.63) is 90.0 Å². The lowest BCUT2D eigenvalue weighted by Gasteiger charge is -2.43. The Morgan fingerprint density at radius 3 is 1.85 bits per heavy atom. The van der Waals surface area contributed by atoms with Gasteiger partial charge < -0.3 is 14.4 Å². The summed E-state index contributed by atoms with van der Waals surface area (Å²) in [5.74, 6) is 1.24. The smallest absolute Gasteiger partial charge is 0.419 e. The van der Waals surface area contributed by atoms with Gasteiger partial charge in [0.2, 0.25) is 5.54 Å². The molecule has 4 rings (SSSR count). The second-order valence-corrected chi connectivity index (χ2v) is 9.48. The molecule has 1 saturated heterocycles. The minimum atomic E-state index is -5.64. The van der Waals surface area contributed by atoms with E-state index in [2.05, 4.69) is 4.90 Å². The molecule has 0 spiro atoms. The Labute approximate surface area is 229 Å². The maximum absolute atomic E-state index is 14.4. The molecule has 40 heavy (non-hydrogen) atoms. The summed E-state index contributed by atoms with van der Waals surface area (Å²) in [4.78, 5) is 3.99. The molecule has 3 aromatic carbocycles. The summed E-state index contributed by atoms with van der Waals surface area (Å²) in [6, 6.07) is 18.7. The lowest BCUT2D eigenvalue weighted by molar-refractivity contribution is -0.314. The fourth-order valence-corrected chi connectivity index (χ4v) is 5.18. The van der Waals surface area contributed by atoms with E-state index in [9.17, 15) is 26.3 Å². The molecular formula is C29H31F6N3O2. The molecule has 0 saturated carbocycles. The number of rotatable bonds is 9. The molecular weight excluding hydrogens is 536 g/mol. The Kier molecular flexibility index (Phi) is 8.84. The number of piperazine rings is 1. The van der Waals surface area contributed by atoms with E-state index in [4.69, 9.17) is 9.47 Å². The van der Waals surface area contributed by atoms with Crippen molar-refractivity contribution in [3.63, 3.8) is 0 Å². The van der Waals surface area contributed by atoms with E-state index in [1.165, 1.54) is 18.2 Å². The maximum atomic E-state index is 14.4. The largest absolute Gasteiger partial charge is 0.497 e. The summed E-state index contributed by atoms with van der Waals surface area (Å²) >= 11 is 0. The van der Waals surface area contributed by atoms with Gasteiger partial charge in [-0.15, -0.1) is 0 Å². The molecule has 0 aliphatic carbocycles. The highest BCUT2D eigenvalue weighted by Crippen LogP contribution is 2.50. The molecule has 1 N–H and O–H groups in total. The Hall–Kier alpha value is -3.44. The predicted octanol–water partition coefficient (Wildman–Crippen LogP) is 6.18. The quantitative estimate of drug-likeness (QED) is 0.313. The zero-order chi connectivity index (χ0) is 29.0. The molecule has 1 unspecified atom stereocenters. The van der Waals surface area contributed by atoms with Crippen molar-refractivity contribution in [1.82, 2.24) is 10.2 Å². The van der Waals surface area contributed by atoms with E-state index in [-0.39, 0.29) is 0 Å². The predicted molar refractivity (Wildman–Crippen MR) is 141 cm³/mol. The zero-order valence-electron chi connectivity index (χ0n) is 22.1. The lowest BCUT2D eigenvalue weighted by atomic mass is 9.87. The number of ether oxygens (including phenoxy) is 2. The Bertz CT molecular complexity index is 1220. The van der Waals surface area contributed by atoms with Gasteiger partial charge in [0.15, 0.2) is 0 Å². The number of hydrogen-bond acceptors (Lipinski definition) is 5. The highest BCUT2D eigenvalue weighted by atomic mass is 19.4. The third-order valence-corrected chi connectivity index (χ3v) is 7.28. The van der Waals surface area contributed by atoms with E-state index >= 15 is 0 Å². The molecule has 1 aliphatic heterocycles. The van der Waals surface area contributed by atoms with Crippen LogP contribution in [0.25, 0.3) is 0 Å². The van der Waals surface area contributed by atoms with E-state index < -0.39 is 36.0 Å². The number of halogens is 6. The first-order valence-corrected chi connectivity index (χ1v) is 12.7. The minimum Gasteiger partial charge on any atom is -0.497 e. The number of anilines is 1. The first-order chi connectivity index (χ1) is 19.0. The maximum Gasteiger partial charge on any atom is 0.419 e. The van der Waals surface area contributed by atoms with Crippen LogP contribution in [0.5, 0.6) is 11.5 Å². The van der Waals surface area contributed by atoms with Gasteiger partial charge in [0.05, 0.1) is 19.9 Å². The van der Waals surface area contributed by atoms with Gasteiger partial charge in [-0.2, -0.15) is 26.3 Å². The summed E-state index contributed by atoms with van der Waals surface area (Å²) in [6.07, 6.45) is -11.3. The van der Waals surface area contributed by atoms with E-state index in [0.29, 0.717) is 43.2 Å². The number of benzene rings is 3. The first kappa shape index (κ1) is 29.5. The van der Waals surface area contributed by atoms with Gasteiger partial charge in [0, 0.05) is 44.8 Å². The van der Waals surface area contributed by atoms with E-state index in [0.717, 1.165) is 17.8 Å². The van der Waals surface area contributed by atoms with Crippen LogP contribution in [0, 0.1) is 0 Å². The first-order valence-electron chi connectivity index (χ1n) is 12.7. The monoisotopic (exact) mass is 567 g/mol. The van der Waals surface area contributed by atoms with Gasteiger partial charge in [-0.3, -0.25) is 10.2 Å². The third-order valence-electron chi connectivity index (χ3n) is 7.28. The Morgan fingerprint density at radius 1 is 0.750 bits per heavy atom. The molecule has 11 heteroatoms. The highest BCUT2D eigenvalue weighted by molar-refractivity contribution is 5.61. The van der Waals surface area contributed by atoms with Gasteiger partial charge in [-0.1, -0.05) is 60.7 Å². The average molecular weight is 568 g/mol. The number of nitrogens with one attached hydrogen (secondary N) is 1. The molecule has 1 aliphatic rings. The van der Waals surface area contributed by atoms with Crippen LogP contribution in [-0.4, -0.2) is 64.2 Å². The van der Waals surface area contributed by atoms with Gasteiger partial charge in [-0.05, 0) is 23.3 Å². The fraction of sp³-hybridized carbons (Fsp3) is 0.379. The normalized spacial score (nSPS) is 16.1. The second kappa shape index (κ2) is 12.0. The Balaban J connectivity index is 1.61. The van der Waals surface area contributed by atoms with Gasteiger partial charge in [0.1, 0.15) is 11.5 Å². The summed E-state index contributed by atoms with van der Waals surface area (Å²) in [6.45, 7) is 1.23. The summed E-state index contributed by atoms with van der Waals surface area (Å²) in [5.41, 5.74) is -3.68. The van der Waals surface area contributed by atoms with E-state index in [1.807, 2.05) is 16.3 Å². The molecule has 0 amide bonds.